The lowest BCUT2D eigenvalue weighted by molar-refractivity contribution is -0.0655. The molecule has 4 atom stereocenters. The smallest absolute Gasteiger partial charge is 0.431 e. The van der Waals surface area contributed by atoms with Gasteiger partial charge in [0.25, 0.3) is 11.8 Å². The van der Waals surface area contributed by atoms with E-state index < -0.39 is 64.1 Å². The molecule has 0 aliphatic carbocycles. The summed E-state index contributed by atoms with van der Waals surface area (Å²) in [6, 6.07) is 2.03. The number of aromatic nitrogens is 1. The number of benzene rings is 1. The summed E-state index contributed by atoms with van der Waals surface area (Å²) in [7, 11) is 1.42. The van der Waals surface area contributed by atoms with Crippen LogP contribution in [0.2, 0.25) is 0 Å². The van der Waals surface area contributed by atoms with Gasteiger partial charge in [-0.05, 0) is 39.7 Å². The maximum Gasteiger partial charge on any atom is 0.514 e. The van der Waals surface area contributed by atoms with Gasteiger partial charge in [-0.25, -0.2) is 13.6 Å². The maximum absolute atomic E-state index is 14.2. The highest BCUT2D eigenvalue weighted by Crippen LogP contribution is 2.46. The zero-order valence-electron chi connectivity index (χ0n) is 24.1. The molecule has 1 fully saturated rings. The number of nitrogens with zero attached hydrogens (tertiary/aromatic N) is 3. The first-order valence-electron chi connectivity index (χ1n) is 13.9. The van der Waals surface area contributed by atoms with Crippen molar-refractivity contribution in [1.82, 2.24) is 14.8 Å². The van der Waals surface area contributed by atoms with Crippen LogP contribution in [-0.2, 0) is 20.9 Å². The van der Waals surface area contributed by atoms with Crippen molar-refractivity contribution in [3.8, 4) is 5.75 Å². The molecule has 43 heavy (non-hydrogen) atoms. The topological polar surface area (TPSA) is 138 Å². The Morgan fingerprint density at radius 1 is 1.28 bits per heavy atom. The number of rotatable bonds is 7. The number of oxime groups is 1. The lowest BCUT2D eigenvalue weighted by Crippen LogP contribution is -2.52. The van der Waals surface area contributed by atoms with E-state index in [0.717, 1.165) is 11.8 Å². The van der Waals surface area contributed by atoms with Crippen LogP contribution < -0.4 is 15.5 Å². The van der Waals surface area contributed by atoms with Crippen LogP contribution in [0.4, 0.5) is 13.6 Å². The van der Waals surface area contributed by atoms with E-state index in [-0.39, 0.29) is 37.0 Å². The zero-order valence-corrected chi connectivity index (χ0v) is 24.1. The quantitative estimate of drug-likeness (QED) is 0.477. The number of halogens is 2. The number of methoxy groups -OCH3 is 1. The summed E-state index contributed by atoms with van der Waals surface area (Å²) >= 11 is 0. The Balaban J connectivity index is 1.59. The minimum absolute atomic E-state index is 0.0189. The van der Waals surface area contributed by atoms with Gasteiger partial charge in [-0.2, -0.15) is 0 Å². The molecule has 2 amide bonds. The van der Waals surface area contributed by atoms with Gasteiger partial charge in [-0.15, -0.1) is 0 Å². The van der Waals surface area contributed by atoms with Crippen molar-refractivity contribution in [2.45, 2.75) is 70.4 Å². The number of nitrogens with one attached hydrogen (secondary N) is 1. The molecule has 1 aromatic heterocycles. The van der Waals surface area contributed by atoms with Gasteiger partial charge >= 0.3 is 6.16 Å². The first kappa shape index (κ1) is 30.1. The van der Waals surface area contributed by atoms with Crippen LogP contribution >= 0.6 is 0 Å². The first-order valence-corrected chi connectivity index (χ1v) is 13.9. The fourth-order valence-electron chi connectivity index (χ4n) is 5.67. The van der Waals surface area contributed by atoms with Gasteiger partial charge in [0.2, 0.25) is 11.2 Å². The monoisotopic (exact) mass is 602 g/mol. The van der Waals surface area contributed by atoms with Crippen LogP contribution in [0.3, 0.4) is 0 Å². The fraction of sp³-hybridized carbons (Fsp3) is 0.483. The SMILES string of the molecule is COC(C)COC(=O)Oc1c2n(cc(C(=O)NCc3ccc(F)cc3F)c1=O)[C@@H]1CN(C2=O)[C@@H](C)CC[C@]12CC(C)=NO2. The molecule has 14 heteroatoms. The van der Waals surface area contributed by atoms with Crippen LogP contribution in [0, 0.1) is 11.6 Å². The van der Waals surface area contributed by atoms with Gasteiger partial charge in [0.1, 0.15) is 23.8 Å². The Bertz CT molecular complexity index is 1560. The van der Waals surface area contributed by atoms with Gasteiger partial charge in [0, 0.05) is 50.5 Å². The van der Waals surface area contributed by atoms with Crippen molar-refractivity contribution in [3.63, 3.8) is 0 Å². The van der Waals surface area contributed by atoms with Crippen molar-refractivity contribution in [3.05, 3.63) is 63.1 Å². The summed E-state index contributed by atoms with van der Waals surface area (Å²) in [5.74, 6) is -3.85. The number of amides is 2. The van der Waals surface area contributed by atoms with Gasteiger partial charge < -0.3 is 33.8 Å². The van der Waals surface area contributed by atoms with Crippen LogP contribution in [0.1, 0.15) is 72.5 Å². The first-order chi connectivity index (χ1) is 20.4. The van der Waals surface area contributed by atoms with E-state index in [2.05, 4.69) is 10.5 Å². The van der Waals surface area contributed by atoms with Crippen LogP contribution in [-0.4, -0.2) is 71.2 Å². The number of hydrogen-bond acceptors (Lipinski definition) is 9. The van der Waals surface area contributed by atoms with E-state index in [0.29, 0.717) is 25.3 Å². The fourth-order valence-corrected chi connectivity index (χ4v) is 5.67. The standard InChI is InChI=1S/C29H32F2N4O8/c1-15-10-29(43-33-15)8-7-16(2)34-13-22(29)35-12-20(26(37)32-11-18-5-6-19(30)9-21(18)31)24(36)25(23(35)27(34)38)42-28(39)41-14-17(3)40-4/h5-6,9,12,16-17,22H,7-8,10-11,13-14H2,1-4H3,(H,32,37)/t16-,17?,22+,29-/m0/s1. The molecule has 2 bridgehead atoms. The van der Waals surface area contributed by atoms with Gasteiger partial charge in [0.05, 0.1) is 17.9 Å². The predicted octanol–water partition coefficient (Wildman–Crippen LogP) is 3.32. The van der Waals surface area contributed by atoms with Crippen molar-refractivity contribution in [2.24, 2.45) is 5.16 Å². The van der Waals surface area contributed by atoms with Crippen LogP contribution in [0.5, 0.6) is 5.75 Å². The average molecular weight is 603 g/mol. The summed E-state index contributed by atoms with van der Waals surface area (Å²) in [6.45, 7) is 4.97. The van der Waals surface area contributed by atoms with Crippen molar-refractivity contribution >= 4 is 23.7 Å². The summed E-state index contributed by atoms with van der Waals surface area (Å²) < 4.78 is 44.5. The number of carbonyl (C=O) groups excluding carboxylic acids is 3. The van der Waals surface area contributed by atoms with E-state index >= 15 is 0 Å². The Hall–Kier alpha value is -4.33. The van der Waals surface area contributed by atoms with Gasteiger partial charge in [-0.3, -0.25) is 14.4 Å². The van der Waals surface area contributed by atoms with E-state index in [9.17, 15) is 28.0 Å². The maximum atomic E-state index is 14.2. The molecule has 1 spiro atoms. The normalized spacial score (nSPS) is 23.2. The van der Waals surface area contributed by atoms with Crippen molar-refractivity contribution < 1.29 is 42.2 Å². The molecule has 1 aromatic carbocycles. The molecule has 1 saturated heterocycles. The van der Waals surface area contributed by atoms with E-state index in [1.165, 1.54) is 23.9 Å². The molecule has 0 radical (unpaired) electrons. The van der Waals surface area contributed by atoms with Crippen LogP contribution in [0.15, 0.2) is 34.3 Å². The Kier molecular flexibility index (Phi) is 8.23. The lowest BCUT2D eigenvalue weighted by atomic mass is 9.84. The molecule has 1 unspecified atom stereocenters. The summed E-state index contributed by atoms with van der Waals surface area (Å²) in [5.41, 5.74) is -1.92. The molecule has 5 rings (SSSR count). The third kappa shape index (κ3) is 5.70. The van der Waals surface area contributed by atoms with Gasteiger partial charge in [-0.1, -0.05) is 11.2 Å². The molecule has 3 aliphatic heterocycles. The Morgan fingerprint density at radius 2 is 2.05 bits per heavy atom. The molecule has 4 heterocycles. The van der Waals surface area contributed by atoms with Gasteiger partial charge in [0.15, 0.2) is 11.3 Å². The number of fused-ring (bicyclic) bond motifs is 5. The van der Waals surface area contributed by atoms with E-state index in [1.54, 1.807) is 11.8 Å². The lowest BCUT2D eigenvalue weighted by Gasteiger charge is -2.42. The van der Waals surface area contributed by atoms with Crippen molar-refractivity contribution in [1.29, 1.82) is 0 Å². The largest absolute Gasteiger partial charge is 0.514 e. The molecular weight excluding hydrogens is 570 g/mol. The summed E-state index contributed by atoms with van der Waals surface area (Å²) in [5, 5.41) is 6.62. The number of carbonyl (C=O) groups is 3. The predicted molar refractivity (Wildman–Crippen MR) is 147 cm³/mol. The molecule has 1 N–H and O–H groups in total. The minimum atomic E-state index is -1.27. The van der Waals surface area contributed by atoms with Crippen molar-refractivity contribution in [2.75, 3.05) is 20.3 Å². The highest BCUT2D eigenvalue weighted by atomic mass is 19.1. The molecule has 0 saturated carbocycles. The minimum Gasteiger partial charge on any atom is -0.431 e. The molecule has 230 valence electrons. The molecule has 2 aromatic rings. The summed E-state index contributed by atoms with van der Waals surface area (Å²) in [4.78, 5) is 61.3. The summed E-state index contributed by atoms with van der Waals surface area (Å²) in [6.07, 6.45) is 1.02. The highest BCUT2D eigenvalue weighted by Gasteiger charge is 2.54. The zero-order chi connectivity index (χ0) is 31.1. The Labute approximate surface area is 245 Å². The number of ether oxygens (including phenoxy) is 3. The average Bonchev–Trinajstić information content (AvgIpc) is 3.30. The second-order valence-electron chi connectivity index (χ2n) is 11.1. The number of pyridine rings is 1. The molecule has 3 aliphatic rings. The highest BCUT2D eigenvalue weighted by molar-refractivity contribution is 6.00. The van der Waals surface area contributed by atoms with E-state index in [4.69, 9.17) is 19.0 Å². The van der Waals surface area contributed by atoms with E-state index in [1.807, 2.05) is 13.8 Å². The Morgan fingerprint density at radius 3 is 2.72 bits per heavy atom. The number of hydrogen-bond donors (Lipinski definition) is 1. The van der Waals surface area contributed by atoms with Crippen LogP contribution in [0.25, 0.3) is 0 Å². The second kappa shape index (κ2) is 11.7. The molecule has 12 nitrogen and oxygen atoms in total. The molecular formula is C29H32F2N4O8. The third-order valence-corrected chi connectivity index (χ3v) is 8.15. The second-order valence-corrected chi connectivity index (χ2v) is 11.1. The third-order valence-electron chi connectivity index (χ3n) is 8.15.